The van der Waals surface area contributed by atoms with Gasteiger partial charge in [0.25, 0.3) is 0 Å². The Kier molecular flexibility index (Phi) is 7.53. The molecule has 0 aliphatic carbocycles. The third-order valence-electron chi connectivity index (χ3n) is 5.45. The van der Waals surface area contributed by atoms with Crippen LogP contribution >= 0.6 is 0 Å². The lowest BCUT2D eigenvalue weighted by Crippen LogP contribution is -2.25. The summed E-state index contributed by atoms with van der Waals surface area (Å²) in [5.74, 6) is 1.84. The summed E-state index contributed by atoms with van der Waals surface area (Å²) in [7, 11) is 0. The maximum absolute atomic E-state index is 12.4. The summed E-state index contributed by atoms with van der Waals surface area (Å²) >= 11 is 0. The summed E-state index contributed by atoms with van der Waals surface area (Å²) < 4.78 is 8.02. The number of hydrogen-bond donors (Lipinski definition) is 1. The number of benzene rings is 3. The number of imidazole rings is 1. The number of unbranched alkanes of at least 4 members (excludes halogenated alkanes) is 1. The van der Waals surface area contributed by atoms with Gasteiger partial charge in [0, 0.05) is 13.0 Å². The van der Waals surface area contributed by atoms with Crippen molar-refractivity contribution in [3.8, 4) is 5.75 Å². The highest BCUT2D eigenvalue weighted by molar-refractivity contribution is 5.77. The molecule has 1 amide bonds. The normalized spacial score (nSPS) is 10.9. The lowest BCUT2D eigenvalue weighted by Gasteiger charge is -2.11. The first-order valence-corrected chi connectivity index (χ1v) is 11.2. The number of amides is 1. The molecule has 1 N–H and O–H groups in total. The molecule has 0 aliphatic heterocycles. The van der Waals surface area contributed by atoms with E-state index in [4.69, 9.17) is 9.72 Å². The number of nitrogens with zero attached hydrogens (tertiary/aromatic N) is 2. The number of aryl methyl sites for hydroxylation is 2. The van der Waals surface area contributed by atoms with E-state index in [2.05, 4.69) is 16.0 Å². The Morgan fingerprint density at radius 3 is 2.41 bits per heavy atom. The Hall–Kier alpha value is -3.60. The van der Waals surface area contributed by atoms with Crippen LogP contribution in [0.5, 0.6) is 5.75 Å². The zero-order valence-electron chi connectivity index (χ0n) is 18.2. The number of para-hydroxylation sites is 3. The minimum atomic E-state index is 0.0451. The standard InChI is InChI=1S/C27H29N3O2/c31-27(18-17-22-11-3-1-4-12-22)28-21-26-29-24-15-7-8-16-25(24)30(26)19-9-10-20-32-23-13-5-2-6-14-23/h1-8,11-16H,9-10,17-21H2,(H,28,31). The van der Waals surface area contributed by atoms with Crippen LogP contribution < -0.4 is 10.1 Å². The smallest absolute Gasteiger partial charge is 0.220 e. The van der Waals surface area contributed by atoms with Gasteiger partial charge in [-0.3, -0.25) is 4.79 Å². The van der Waals surface area contributed by atoms with Crippen LogP contribution in [-0.4, -0.2) is 22.1 Å². The highest BCUT2D eigenvalue weighted by Crippen LogP contribution is 2.17. The number of hydrogen-bond acceptors (Lipinski definition) is 3. The van der Waals surface area contributed by atoms with Crippen LogP contribution in [0.4, 0.5) is 0 Å². The first kappa shape index (κ1) is 21.6. The number of carbonyl (C=O) groups excluding carboxylic acids is 1. The van der Waals surface area contributed by atoms with E-state index in [1.54, 1.807) is 0 Å². The number of rotatable bonds is 11. The van der Waals surface area contributed by atoms with E-state index in [0.29, 0.717) is 19.6 Å². The number of carbonyl (C=O) groups is 1. The van der Waals surface area contributed by atoms with Crippen LogP contribution in [0.3, 0.4) is 0 Å². The summed E-state index contributed by atoms with van der Waals surface area (Å²) in [6.45, 7) is 1.96. The van der Waals surface area contributed by atoms with E-state index in [9.17, 15) is 4.79 Å². The topological polar surface area (TPSA) is 56.2 Å². The molecule has 0 unspecified atom stereocenters. The van der Waals surface area contributed by atoms with Crippen LogP contribution in [-0.2, 0) is 24.3 Å². The van der Waals surface area contributed by atoms with Gasteiger partial charge in [0.15, 0.2) is 0 Å². The third kappa shape index (κ3) is 5.97. The van der Waals surface area contributed by atoms with Crippen LogP contribution in [0.2, 0.25) is 0 Å². The molecule has 0 atom stereocenters. The molecule has 0 spiro atoms. The Bertz CT molecular complexity index is 1120. The molecule has 0 saturated heterocycles. The van der Waals surface area contributed by atoms with Crippen molar-refractivity contribution in [3.63, 3.8) is 0 Å². The highest BCUT2D eigenvalue weighted by Gasteiger charge is 2.11. The fourth-order valence-corrected chi connectivity index (χ4v) is 3.76. The molecule has 1 aromatic heterocycles. The molecule has 4 aromatic rings. The molecule has 0 aliphatic rings. The SMILES string of the molecule is O=C(CCc1ccccc1)NCc1nc2ccccc2n1CCCCOc1ccccc1. The van der Waals surface area contributed by atoms with E-state index in [1.807, 2.05) is 78.9 Å². The molecule has 4 rings (SSSR count). The first-order chi connectivity index (χ1) is 15.8. The van der Waals surface area contributed by atoms with Gasteiger partial charge in [0.05, 0.1) is 24.2 Å². The predicted octanol–water partition coefficient (Wildman–Crippen LogP) is 5.14. The van der Waals surface area contributed by atoms with E-state index in [-0.39, 0.29) is 5.91 Å². The average Bonchev–Trinajstić information content (AvgIpc) is 3.20. The van der Waals surface area contributed by atoms with Gasteiger partial charge in [-0.25, -0.2) is 4.98 Å². The van der Waals surface area contributed by atoms with Crippen molar-refractivity contribution in [2.45, 2.75) is 38.8 Å². The molecular formula is C27H29N3O2. The number of fused-ring (bicyclic) bond motifs is 1. The molecule has 0 bridgehead atoms. The van der Waals surface area contributed by atoms with Gasteiger partial charge in [0.1, 0.15) is 11.6 Å². The van der Waals surface area contributed by atoms with Gasteiger partial charge in [0.2, 0.25) is 5.91 Å². The minimum Gasteiger partial charge on any atom is -0.494 e. The van der Waals surface area contributed by atoms with E-state index in [1.165, 1.54) is 5.56 Å². The summed E-state index contributed by atoms with van der Waals surface area (Å²) in [5.41, 5.74) is 3.24. The fraction of sp³-hybridized carbons (Fsp3) is 0.259. The van der Waals surface area contributed by atoms with Crippen molar-refractivity contribution in [2.75, 3.05) is 6.61 Å². The van der Waals surface area contributed by atoms with Crippen molar-refractivity contribution >= 4 is 16.9 Å². The maximum Gasteiger partial charge on any atom is 0.220 e. The average molecular weight is 428 g/mol. The first-order valence-electron chi connectivity index (χ1n) is 11.2. The number of nitrogens with one attached hydrogen (secondary N) is 1. The third-order valence-corrected chi connectivity index (χ3v) is 5.45. The number of aromatic nitrogens is 2. The second kappa shape index (κ2) is 11.1. The molecular weight excluding hydrogens is 398 g/mol. The summed E-state index contributed by atoms with van der Waals surface area (Å²) in [6, 6.07) is 28.1. The molecule has 0 saturated carbocycles. The van der Waals surface area contributed by atoms with E-state index < -0.39 is 0 Å². The van der Waals surface area contributed by atoms with Gasteiger partial charge in [-0.2, -0.15) is 0 Å². The van der Waals surface area contributed by atoms with Crippen LogP contribution in [0.15, 0.2) is 84.9 Å². The zero-order chi connectivity index (χ0) is 22.0. The predicted molar refractivity (Wildman–Crippen MR) is 128 cm³/mol. The van der Waals surface area contributed by atoms with Gasteiger partial charge in [-0.05, 0) is 49.1 Å². The Morgan fingerprint density at radius 2 is 1.59 bits per heavy atom. The summed E-state index contributed by atoms with van der Waals surface area (Å²) in [4.78, 5) is 17.2. The monoisotopic (exact) mass is 427 g/mol. The molecule has 0 fully saturated rings. The lowest BCUT2D eigenvalue weighted by molar-refractivity contribution is -0.121. The van der Waals surface area contributed by atoms with Gasteiger partial charge in [-0.1, -0.05) is 60.7 Å². The fourth-order valence-electron chi connectivity index (χ4n) is 3.76. The summed E-state index contributed by atoms with van der Waals surface area (Å²) in [6.07, 6.45) is 3.14. The number of ether oxygens (including phenoxy) is 1. The van der Waals surface area contributed by atoms with Crippen molar-refractivity contribution in [2.24, 2.45) is 0 Å². The van der Waals surface area contributed by atoms with Gasteiger partial charge < -0.3 is 14.6 Å². The van der Waals surface area contributed by atoms with Crippen molar-refractivity contribution in [3.05, 3.63) is 96.3 Å². The molecule has 32 heavy (non-hydrogen) atoms. The molecule has 5 nitrogen and oxygen atoms in total. The molecule has 5 heteroatoms. The van der Waals surface area contributed by atoms with Crippen LogP contribution in [0, 0.1) is 0 Å². The van der Waals surface area contributed by atoms with E-state index >= 15 is 0 Å². The highest BCUT2D eigenvalue weighted by atomic mass is 16.5. The minimum absolute atomic E-state index is 0.0451. The van der Waals surface area contributed by atoms with Crippen LogP contribution in [0.25, 0.3) is 11.0 Å². The largest absolute Gasteiger partial charge is 0.494 e. The maximum atomic E-state index is 12.4. The van der Waals surface area contributed by atoms with Gasteiger partial charge in [-0.15, -0.1) is 0 Å². The Morgan fingerprint density at radius 1 is 0.875 bits per heavy atom. The Balaban J connectivity index is 1.31. The zero-order valence-corrected chi connectivity index (χ0v) is 18.2. The summed E-state index contributed by atoms with van der Waals surface area (Å²) in [5, 5.41) is 3.05. The van der Waals surface area contributed by atoms with E-state index in [0.717, 1.165) is 48.4 Å². The lowest BCUT2D eigenvalue weighted by atomic mass is 10.1. The van der Waals surface area contributed by atoms with Gasteiger partial charge >= 0.3 is 0 Å². The quantitative estimate of drug-likeness (QED) is 0.337. The molecule has 3 aromatic carbocycles. The van der Waals surface area contributed by atoms with Crippen LogP contribution in [0.1, 0.15) is 30.7 Å². The second-order valence-electron chi connectivity index (χ2n) is 7.80. The van der Waals surface area contributed by atoms with Crippen molar-refractivity contribution in [1.82, 2.24) is 14.9 Å². The molecule has 164 valence electrons. The van der Waals surface area contributed by atoms with Crippen molar-refractivity contribution in [1.29, 1.82) is 0 Å². The molecule has 1 heterocycles. The second-order valence-corrected chi connectivity index (χ2v) is 7.80. The van der Waals surface area contributed by atoms with Crippen molar-refractivity contribution < 1.29 is 9.53 Å². The molecule has 0 radical (unpaired) electrons. The Labute approximate surface area is 189 Å².